The Morgan fingerprint density at radius 1 is 1.29 bits per heavy atom. The number of benzene rings is 1. The normalized spacial score (nSPS) is 11.5. The SMILES string of the molecule is C[Si](C)(C)CCOCn1cc(-c2ccc([N+](=O)[O-])cc2)nc1C=O. The Bertz CT molecular complexity index is 720. The lowest BCUT2D eigenvalue weighted by Crippen LogP contribution is -2.22. The van der Waals surface area contributed by atoms with Crippen LogP contribution in [0.25, 0.3) is 11.3 Å². The molecule has 0 atom stereocenters. The van der Waals surface area contributed by atoms with Crippen LogP contribution in [0.4, 0.5) is 5.69 Å². The summed E-state index contributed by atoms with van der Waals surface area (Å²) in [5.41, 5.74) is 1.31. The van der Waals surface area contributed by atoms with Gasteiger partial charge in [0.15, 0.2) is 12.1 Å². The maximum Gasteiger partial charge on any atom is 0.269 e. The van der Waals surface area contributed by atoms with Crippen LogP contribution in [0, 0.1) is 10.1 Å². The molecule has 1 aromatic carbocycles. The van der Waals surface area contributed by atoms with Crippen LogP contribution in [0.2, 0.25) is 25.7 Å². The summed E-state index contributed by atoms with van der Waals surface area (Å²) in [5, 5.41) is 10.7. The van der Waals surface area contributed by atoms with Gasteiger partial charge >= 0.3 is 0 Å². The zero-order chi connectivity index (χ0) is 17.7. The minimum Gasteiger partial charge on any atom is -0.361 e. The smallest absolute Gasteiger partial charge is 0.269 e. The Labute approximate surface area is 141 Å². The van der Waals surface area contributed by atoms with Gasteiger partial charge in [0.25, 0.3) is 5.69 Å². The van der Waals surface area contributed by atoms with Crippen LogP contribution < -0.4 is 0 Å². The Morgan fingerprint density at radius 2 is 1.96 bits per heavy atom. The standard InChI is InChI=1S/C16H21N3O4Si/c1-24(2,3)9-8-23-12-18-10-15(17-16(18)11-20)13-4-6-14(7-5-13)19(21)22/h4-7,10-11H,8-9,12H2,1-3H3. The van der Waals surface area contributed by atoms with Crippen molar-refractivity contribution in [1.82, 2.24) is 9.55 Å². The third-order valence-corrected chi connectivity index (χ3v) is 5.22. The number of ether oxygens (including phenoxy) is 1. The highest BCUT2D eigenvalue weighted by molar-refractivity contribution is 6.76. The average Bonchev–Trinajstić information content (AvgIpc) is 2.94. The van der Waals surface area contributed by atoms with Crippen LogP contribution in [-0.4, -0.2) is 35.4 Å². The number of nitro groups is 1. The first-order valence-corrected chi connectivity index (χ1v) is 11.4. The molecule has 2 rings (SSSR count). The molecule has 0 aliphatic carbocycles. The zero-order valence-electron chi connectivity index (χ0n) is 14.1. The molecule has 0 aliphatic heterocycles. The first-order valence-electron chi connectivity index (χ1n) is 7.65. The zero-order valence-corrected chi connectivity index (χ0v) is 15.1. The van der Waals surface area contributed by atoms with Gasteiger partial charge in [-0.25, -0.2) is 4.98 Å². The van der Waals surface area contributed by atoms with E-state index < -0.39 is 13.0 Å². The highest BCUT2D eigenvalue weighted by Crippen LogP contribution is 2.22. The Balaban J connectivity index is 2.09. The number of hydrogen-bond acceptors (Lipinski definition) is 5. The molecule has 0 aliphatic rings. The Kier molecular flexibility index (Phi) is 5.63. The molecule has 0 spiro atoms. The fourth-order valence-electron chi connectivity index (χ4n) is 2.06. The lowest BCUT2D eigenvalue weighted by Gasteiger charge is -2.15. The van der Waals surface area contributed by atoms with Crippen LogP contribution >= 0.6 is 0 Å². The molecule has 0 unspecified atom stereocenters. The number of nitrogens with zero attached hydrogens (tertiary/aromatic N) is 3. The number of rotatable bonds is 8. The van der Waals surface area contributed by atoms with Gasteiger partial charge in [-0.1, -0.05) is 19.6 Å². The molecule has 7 nitrogen and oxygen atoms in total. The van der Waals surface area contributed by atoms with E-state index >= 15 is 0 Å². The number of carbonyl (C=O) groups is 1. The molecular formula is C16H21N3O4Si. The molecule has 128 valence electrons. The monoisotopic (exact) mass is 347 g/mol. The van der Waals surface area contributed by atoms with Crippen molar-refractivity contribution in [3.05, 3.63) is 46.4 Å². The minimum atomic E-state index is -1.15. The summed E-state index contributed by atoms with van der Waals surface area (Å²) in [6.45, 7) is 7.74. The van der Waals surface area contributed by atoms with Crippen LogP contribution in [0.1, 0.15) is 10.6 Å². The predicted octanol–water partition coefficient (Wildman–Crippen LogP) is 3.58. The highest BCUT2D eigenvalue weighted by Gasteiger charge is 2.14. The number of non-ortho nitro benzene ring substituents is 1. The second kappa shape index (κ2) is 7.50. The Morgan fingerprint density at radius 3 is 2.50 bits per heavy atom. The number of imidazole rings is 1. The first-order chi connectivity index (χ1) is 11.3. The van der Waals surface area contributed by atoms with E-state index in [-0.39, 0.29) is 18.2 Å². The maximum absolute atomic E-state index is 11.2. The summed E-state index contributed by atoms with van der Waals surface area (Å²) in [5.74, 6) is 0.274. The van der Waals surface area contributed by atoms with Crippen LogP contribution in [0.15, 0.2) is 30.5 Å². The van der Waals surface area contributed by atoms with E-state index in [1.165, 1.54) is 12.1 Å². The lowest BCUT2D eigenvalue weighted by atomic mass is 10.1. The summed E-state index contributed by atoms with van der Waals surface area (Å²) < 4.78 is 7.29. The van der Waals surface area contributed by atoms with Crippen LogP contribution in [-0.2, 0) is 11.5 Å². The second-order valence-electron chi connectivity index (χ2n) is 6.72. The number of hydrogen-bond donors (Lipinski definition) is 0. The van der Waals surface area contributed by atoms with E-state index in [1.54, 1.807) is 22.9 Å². The maximum atomic E-state index is 11.2. The molecule has 0 amide bonds. The molecule has 0 N–H and O–H groups in total. The largest absolute Gasteiger partial charge is 0.361 e. The van der Waals surface area contributed by atoms with Crippen molar-refractivity contribution in [2.24, 2.45) is 0 Å². The molecular weight excluding hydrogens is 326 g/mol. The average molecular weight is 347 g/mol. The number of aldehydes is 1. The van der Waals surface area contributed by atoms with Gasteiger partial charge in [0.05, 0.1) is 10.6 Å². The quantitative estimate of drug-likeness (QED) is 0.239. The summed E-state index contributed by atoms with van der Waals surface area (Å²) in [4.78, 5) is 25.7. The summed E-state index contributed by atoms with van der Waals surface area (Å²) in [7, 11) is -1.15. The Hall–Kier alpha value is -2.32. The van der Waals surface area contributed by atoms with E-state index in [9.17, 15) is 14.9 Å². The molecule has 0 fully saturated rings. The molecule has 24 heavy (non-hydrogen) atoms. The van der Waals surface area contributed by atoms with E-state index in [1.807, 2.05) is 0 Å². The summed E-state index contributed by atoms with van der Waals surface area (Å²) in [6, 6.07) is 7.11. The second-order valence-corrected chi connectivity index (χ2v) is 12.3. The molecule has 2 aromatic rings. The van der Waals surface area contributed by atoms with Gasteiger partial charge in [-0.3, -0.25) is 14.9 Å². The third kappa shape index (κ3) is 4.84. The molecule has 1 heterocycles. The van der Waals surface area contributed by atoms with Gasteiger partial charge in [0.2, 0.25) is 0 Å². The van der Waals surface area contributed by atoms with E-state index in [2.05, 4.69) is 24.6 Å². The fourth-order valence-corrected chi connectivity index (χ4v) is 2.82. The van der Waals surface area contributed by atoms with Gasteiger partial charge in [0.1, 0.15) is 6.73 Å². The van der Waals surface area contributed by atoms with Crippen molar-refractivity contribution < 1.29 is 14.5 Å². The number of carbonyl (C=O) groups excluding carboxylic acids is 1. The molecule has 0 saturated carbocycles. The first kappa shape index (κ1) is 18.0. The van der Waals surface area contributed by atoms with Crippen molar-refractivity contribution >= 4 is 20.0 Å². The van der Waals surface area contributed by atoms with Crippen LogP contribution in [0.3, 0.4) is 0 Å². The number of aromatic nitrogens is 2. The highest BCUT2D eigenvalue weighted by atomic mass is 28.3. The van der Waals surface area contributed by atoms with Gasteiger partial charge in [-0.05, 0) is 18.2 Å². The third-order valence-electron chi connectivity index (χ3n) is 3.51. The van der Waals surface area contributed by atoms with Crippen molar-refractivity contribution in [3.63, 3.8) is 0 Å². The molecule has 8 heteroatoms. The fraction of sp³-hybridized carbons (Fsp3) is 0.375. The molecule has 0 bridgehead atoms. The molecule has 0 saturated heterocycles. The van der Waals surface area contributed by atoms with Crippen molar-refractivity contribution in [2.75, 3.05) is 6.61 Å². The van der Waals surface area contributed by atoms with Crippen molar-refractivity contribution in [1.29, 1.82) is 0 Å². The summed E-state index contributed by atoms with van der Waals surface area (Å²) >= 11 is 0. The van der Waals surface area contributed by atoms with Crippen molar-refractivity contribution in [3.8, 4) is 11.3 Å². The van der Waals surface area contributed by atoms with E-state index in [4.69, 9.17) is 4.74 Å². The van der Waals surface area contributed by atoms with Crippen LogP contribution in [0.5, 0.6) is 0 Å². The summed E-state index contributed by atoms with van der Waals surface area (Å²) in [6.07, 6.45) is 2.40. The minimum absolute atomic E-state index is 0.0171. The molecule has 0 radical (unpaired) electrons. The number of nitro benzene ring substituents is 1. The lowest BCUT2D eigenvalue weighted by molar-refractivity contribution is -0.384. The van der Waals surface area contributed by atoms with E-state index in [0.717, 1.165) is 6.04 Å². The van der Waals surface area contributed by atoms with E-state index in [0.29, 0.717) is 24.2 Å². The van der Waals surface area contributed by atoms with Gasteiger partial charge < -0.3 is 9.30 Å². The van der Waals surface area contributed by atoms with Gasteiger partial charge in [-0.2, -0.15) is 0 Å². The van der Waals surface area contributed by atoms with Gasteiger partial charge in [-0.15, -0.1) is 0 Å². The predicted molar refractivity (Wildman–Crippen MR) is 93.8 cm³/mol. The molecule has 1 aromatic heterocycles. The van der Waals surface area contributed by atoms with Gasteiger partial charge in [0, 0.05) is 38.6 Å². The topological polar surface area (TPSA) is 87.3 Å². The van der Waals surface area contributed by atoms with Crippen molar-refractivity contribution in [2.45, 2.75) is 32.4 Å².